The van der Waals surface area contributed by atoms with Gasteiger partial charge in [-0.25, -0.2) is 0 Å². The van der Waals surface area contributed by atoms with Crippen LogP contribution < -0.4 is 0 Å². The lowest BCUT2D eigenvalue weighted by Gasteiger charge is -2.17. The number of alkyl halides is 3. The fraction of sp³-hybridized carbons (Fsp3) is 0.526. The number of rotatable bonds is 6. The van der Waals surface area contributed by atoms with Crippen molar-refractivity contribution in [1.82, 2.24) is 9.88 Å². The molecule has 1 aliphatic rings. The van der Waals surface area contributed by atoms with Gasteiger partial charge < -0.3 is 4.90 Å². The van der Waals surface area contributed by atoms with Crippen LogP contribution in [0.15, 0.2) is 36.7 Å². The number of hydrogen-bond donors (Lipinski definition) is 0. The molecule has 1 aliphatic heterocycles. The van der Waals surface area contributed by atoms with Gasteiger partial charge >= 0.3 is 6.18 Å². The first-order valence-electron chi connectivity index (χ1n) is 8.61. The summed E-state index contributed by atoms with van der Waals surface area (Å²) in [5, 5.41) is 2.36. The highest BCUT2D eigenvalue weighted by Gasteiger charge is 2.30. The van der Waals surface area contributed by atoms with Gasteiger partial charge in [0.2, 0.25) is 0 Å². The maximum Gasteiger partial charge on any atom is 0.390 e. The Morgan fingerprint density at radius 2 is 2.04 bits per heavy atom. The number of halogens is 3. The van der Waals surface area contributed by atoms with E-state index in [1.807, 2.05) is 17.2 Å². The number of benzene rings is 1. The number of hydrogen-bond acceptors (Lipinski definition) is 2. The van der Waals surface area contributed by atoms with Crippen molar-refractivity contribution >= 4 is 10.8 Å². The van der Waals surface area contributed by atoms with E-state index in [0.717, 1.165) is 44.2 Å². The van der Waals surface area contributed by atoms with Crippen molar-refractivity contribution in [2.24, 2.45) is 5.92 Å². The molecule has 1 aromatic carbocycles. The Bertz CT molecular complexity index is 669. The van der Waals surface area contributed by atoms with E-state index in [-0.39, 0.29) is 6.54 Å². The average molecular weight is 336 g/mol. The number of aromatic nitrogens is 1. The second-order valence-electron chi connectivity index (χ2n) is 6.77. The SMILES string of the molecule is FC(F)(F)CCN1CCC(CCCc2ccc3cnccc3c2)C1. The molecule has 2 nitrogen and oxygen atoms in total. The normalized spacial score (nSPS) is 19.2. The van der Waals surface area contributed by atoms with E-state index in [1.165, 1.54) is 10.9 Å². The van der Waals surface area contributed by atoms with E-state index in [9.17, 15) is 13.2 Å². The van der Waals surface area contributed by atoms with E-state index < -0.39 is 12.6 Å². The zero-order valence-electron chi connectivity index (χ0n) is 13.7. The first kappa shape index (κ1) is 17.2. The highest BCUT2D eigenvalue weighted by molar-refractivity contribution is 5.81. The molecule has 1 atom stereocenters. The molecule has 1 fully saturated rings. The van der Waals surface area contributed by atoms with Crippen LogP contribution in [0, 0.1) is 5.92 Å². The third kappa shape index (κ3) is 4.94. The second-order valence-corrected chi connectivity index (χ2v) is 6.77. The van der Waals surface area contributed by atoms with Gasteiger partial charge in [-0.2, -0.15) is 13.2 Å². The summed E-state index contributed by atoms with van der Waals surface area (Å²) >= 11 is 0. The minimum atomic E-state index is -4.04. The Kier molecular flexibility index (Phi) is 5.39. The second kappa shape index (κ2) is 7.51. The van der Waals surface area contributed by atoms with E-state index in [4.69, 9.17) is 0 Å². The lowest BCUT2D eigenvalue weighted by atomic mass is 9.98. The van der Waals surface area contributed by atoms with Crippen molar-refractivity contribution in [3.63, 3.8) is 0 Å². The molecule has 0 amide bonds. The molecule has 0 spiro atoms. The molecule has 1 unspecified atom stereocenters. The average Bonchev–Trinajstić information content (AvgIpc) is 3.00. The molecule has 0 aliphatic carbocycles. The zero-order chi connectivity index (χ0) is 17.0. The van der Waals surface area contributed by atoms with Crippen molar-refractivity contribution in [1.29, 1.82) is 0 Å². The largest absolute Gasteiger partial charge is 0.390 e. The summed E-state index contributed by atoms with van der Waals surface area (Å²) in [6.45, 7) is 1.78. The van der Waals surface area contributed by atoms with Crippen molar-refractivity contribution in [3.8, 4) is 0 Å². The smallest absolute Gasteiger partial charge is 0.303 e. The standard InChI is InChI=1S/C19H23F3N2/c20-19(21,22)8-11-24-10-7-16(14-24)3-1-2-15-4-5-18-13-23-9-6-17(18)12-15/h4-6,9,12-13,16H,1-3,7-8,10-11,14H2. The summed E-state index contributed by atoms with van der Waals surface area (Å²) in [5.41, 5.74) is 1.32. The van der Waals surface area contributed by atoms with Crippen LogP contribution >= 0.6 is 0 Å². The number of aryl methyl sites for hydroxylation is 1. The van der Waals surface area contributed by atoms with Crippen molar-refractivity contribution in [2.45, 2.75) is 38.3 Å². The summed E-state index contributed by atoms with van der Waals surface area (Å²) in [4.78, 5) is 6.08. The van der Waals surface area contributed by atoms with Gasteiger partial charge in [0.15, 0.2) is 0 Å². The number of fused-ring (bicyclic) bond motifs is 1. The maximum absolute atomic E-state index is 12.3. The lowest BCUT2D eigenvalue weighted by Crippen LogP contribution is -2.26. The number of pyridine rings is 1. The zero-order valence-corrected chi connectivity index (χ0v) is 13.7. The molecule has 5 heteroatoms. The molecule has 3 rings (SSSR count). The first-order valence-corrected chi connectivity index (χ1v) is 8.61. The Balaban J connectivity index is 1.41. The van der Waals surface area contributed by atoms with Crippen LogP contribution in [-0.4, -0.2) is 35.7 Å². The van der Waals surface area contributed by atoms with Gasteiger partial charge in [-0.3, -0.25) is 4.98 Å². The van der Waals surface area contributed by atoms with Crippen LogP contribution in [0.4, 0.5) is 13.2 Å². The molecule has 1 aromatic heterocycles. The fourth-order valence-electron chi connectivity index (χ4n) is 3.52. The highest BCUT2D eigenvalue weighted by atomic mass is 19.4. The predicted molar refractivity (Wildman–Crippen MR) is 89.9 cm³/mol. The van der Waals surface area contributed by atoms with Crippen LogP contribution in [-0.2, 0) is 6.42 Å². The van der Waals surface area contributed by atoms with Gasteiger partial charge in [0, 0.05) is 30.9 Å². The molecule has 0 bridgehead atoms. The molecule has 1 saturated heterocycles. The van der Waals surface area contributed by atoms with Crippen molar-refractivity contribution < 1.29 is 13.2 Å². The van der Waals surface area contributed by atoms with E-state index in [2.05, 4.69) is 23.2 Å². The molecule has 0 N–H and O–H groups in total. The van der Waals surface area contributed by atoms with Crippen LogP contribution in [0.25, 0.3) is 10.8 Å². The Morgan fingerprint density at radius 1 is 1.17 bits per heavy atom. The Hall–Kier alpha value is -1.62. The quantitative estimate of drug-likeness (QED) is 0.751. The molecular weight excluding hydrogens is 313 g/mol. The third-order valence-corrected chi connectivity index (χ3v) is 4.86. The minimum absolute atomic E-state index is 0.151. The molecule has 0 saturated carbocycles. The van der Waals surface area contributed by atoms with Gasteiger partial charge in [-0.15, -0.1) is 0 Å². The molecule has 24 heavy (non-hydrogen) atoms. The molecule has 130 valence electrons. The predicted octanol–water partition coefficient (Wildman–Crippen LogP) is 4.83. The summed E-state index contributed by atoms with van der Waals surface area (Å²) < 4.78 is 36.8. The lowest BCUT2D eigenvalue weighted by molar-refractivity contribution is -0.137. The topological polar surface area (TPSA) is 16.1 Å². The third-order valence-electron chi connectivity index (χ3n) is 4.86. The van der Waals surface area contributed by atoms with Crippen LogP contribution in [0.1, 0.15) is 31.2 Å². The van der Waals surface area contributed by atoms with Crippen LogP contribution in [0.3, 0.4) is 0 Å². The van der Waals surface area contributed by atoms with Gasteiger partial charge in [0.1, 0.15) is 0 Å². The van der Waals surface area contributed by atoms with Gasteiger partial charge in [-0.1, -0.05) is 18.2 Å². The molecule has 2 heterocycles. The Labute approximate surface area is 140 Å². The van der Waals surface area contributed by atoms with Gasteiger partial charge in [0.25, 0.3) is 0 Å². The van der Waals surface area contributed by atoms with E-state index in [0.29, 0.717) is 5.92 Å². The number of likely N-dealkylation sites (tertiary alicyclic amines) is 1. The van der Waals surface area contributed by atoms with Crippen LogP contribution in [0.2, 0.25) is 0 Å². The summed E-state index contributed by atoms with van der Waals surface area (Å²) in [6, 6.07) is 8.48. The Morgan fingerprint density at radius 3 is 2.88 bits per heavy atom. The minimum Gasteiger partial charge on any atom is -0.303 e. The van der Waals surface area contributed by atoms with Crippen molar-refractivity contribution in [2.75, 3.05) is 19.6 Å². The molecule has 0 radical (unpaired) electrons. The summed E-state index contributed by atoms with van der Waals surface area (Å²) in [5.74, 6) is 0.544. The summed E-state index contributed by atoms with van der Waals surface area (Å²) in [7, 11) is 0. The van der Waals surface area contributed by atoms with Gasteiger partial charge in [0.05, 0.1) is 6.42 Å². The van der Waals surface area contributed by atoms with Crippen LogP contribution in [0.5, 0.6) is 0 Å². The van der Waals surface area contributed by atoms with E-state index in [1.54, 1.807) is 6.20 Å². The maximum atomic E-state index is 12.3. The van der Waals surface area contributed by atoms with Crippen molar-refractivity contribution in [3.05, 3.63) is 42.2 Å². The molecular formula is C19H23F3N2. The first-order chi connectivity index (χ1) is 11.5. The van der Waals surface area contributed by atoms with Gasteiger partial charge in [-0.05, 0) is 55.2 Å². The van der Waals surface area contributed by atoms with E-state index >= 15 is 0 Å². The highest BCUT2D eigenvalue weighted by Crippen LogP contribution is 2.25. The molecule has 2 aromatic rings. The number of nitrogens with zero attached hydrogens (tertiary/aromatic N) is 2. The monoisotopic (exact) mass is 336 g/mol. The summed E-state index contributed by atoms with van der Waals surface area (Å²) in [6.07, 6.45) is 3.19. The fourth-order valence-corrected chi connectivity index (χ4v) is 3.52.